The third kappa shape index (κ3) is 7.34. The van der Waals surface area contributed by atoms with Gasteiger partial charge in [0.1, 0.15) is 0 Å². The zero-order valence-electron chi connectivity index (χ0n) is 21.8. The first kappa shape index (κ1) is 27.9. The minimum atomic E-state index is -0.249. The molecule has 0 unspecified atom stereocenters. The van der Waals surface area contributed by atoms with Crippen LogP contribution in [0.15, 0.2) is 23.0 Å². The van der Waals surface area contributed by atoms with E-state index in [0.717, 1.165) is 35.2 Å². The number of hydrogen-bond acceptors (Lipinski definition) is 4. The quantitative estimate of drug-likeness (QED) is 0.586. The Morgan fingerprint density at radius 2 is 1.76 bits per heavy atom. The molecule has 7 heteroatoms. The van der Waals surface area contributed by atoms with Crippen LogP contribution in [0.4, 0.5) is 5.69 Å². The van der Waals surface area contributed by atoms with Crippen molar-refractivity contribution in [2.24, 2.45) is 7.05 Å². The first-order chi connectivity index (χ1) is 16.1. The minimum Gasteiger partial charge on any atom is -0.385 e. The number of carbonyl (C=O) groups is 1. The number of rotatable bonds is 6. The Bertz CT molecular complexity index is 1040. The molecule has 1 aliphatic rings. The van der Waals surface area contributed by atoms with E-state index >= 15 is 0 Å². The highest BCUT2D eigenvalue weighted by Gasteiger charge is 2.16. The monoisotopic (exact) mass is 488 g/mol. The second kappa shape index (κ2) is 13.0. The summed E-state index contributed by atoms with van der Waals surface area (Å²) in [6.45, 7) is 8.54. The van der Waals surface area contributed by atoms with E-state index in [4.69, 9.17) is 11.6 Å². The van der Waals surface area contributed by atoms with E-state index in [1.165, 1.54) is 32.1 Å². The van der Waals surface area contributed by atoms with Gasteiger partial charge in [0, 0.05) is 65.5 Å². The lowest BCUT2D eigenvalue weighted by Gasteiger charge is -2.27. The molecule has 1 fully saturated rings. The molecule has 0 radical (unpaired) electrons. The number of nitrogens with one attached hydrogen (secondary N) is 2. The summed E-state index contributed by atoms with van der Waals surface area (Å²) >= 11 is 6.13. The number of aryl methyl sites for hydroxylation is 1. The standard InChI is InChI=1S/C19H24ClN3O2.C8H17N/c1-6-21-17-9-14(20)8-15(12(17)3)19(25)22-10-16-13(4)23(5)11(2)7-18(16)24;1-9(2)8-6-4-3-5-7-8/h7-9,21H,6,10H2,1-5H3,(H,22,25);8H,3-7H2,1-2H3. The molecule has 1 saturated carbocycles. The van der Waals surface area contributed by atoms with Gasteiger partial charge in [-0.25, -0.2) is 0 Å². The Labute approximate surface area is 209 Å². The number of halogens is 1. The fraction of sp³-hybridized carbons (Fsp3) is 0.556. The summed E-state index contributed by atoms with van der Waals surface area (Å²) < 4.78 is 1.94. The zero-order chi connectivity index (χ0) is 25.4. The van der Waals surface area contributed by atoms with Crippen LogP contribution in [0.1, 0.15) is 71.9 Å². The fourth-order valence-electron chi connectivity index (χ4n) is 4.38. The zero-order valence-corrected chi connectivity index (χ0v) is 22.6. The maximum atomic E-state index is 12.6. The predicted molar refractivity (Wildman–Crippen MR) is 143 cm³/mol. The van der Waals surface area contributed by atoms with Crippen molar-refractivity contribution in [1.82, 2.24) is 14.8 Å². The van der Waals surface area contributed by atoms with Gasteiger partial charge in [0.15, 0.2) is 5.43 Å². The van der Waals surface area contributed by atoms with Crippen LogP contribution in [-0.4, -0.2) is 42.1 Å². The Hall–Kier alpha value is -2.31. The molecule has 188 valence electrons. The van der Waals surface area contributed by atoms with E-state index in [2.05, 4.69) is 29.6 Å². The Morgan fingerprint density at radius 1 is 1.12 bits per heavy atom. The normalized spacial score (nSPS) is 13.9. The van der Waals surface area contributed by atoms with Gasteiger partial charge in [-0.2, -0.15) is 0 Å². The molecule has 0 saturated heterocycles. The van der Waals surface area contributed by atoms with E-state index in [9.17, 15) is 9.59 Å². The summed E-state index contributed by atoms with van der Waals surface area (Å²) in [4.78, 5) is 27.2. The average Bonchev–Trinajstić information content (AvgIpc) is 2.80. The molecule has 3 rings (SSSR count). The van der Waals surface area contributed by atoms with Crippen molar-refractivity contribution in [1.29, 1.82) is 0 Å². The lowest BCUT2D eigenvalue weighted by atomic mass is 9.95. The van der Waals surface area contributed by atoms with E-state index < -0.39 is 0 Å². The number of pyridine rings is 1. The largest absolute Gasteiger partial charge is 0.385 e. The third-order valence-corrected chi connectivity index (χ3v) is 7.04. The average molecular weight is 489 g/mol. The van der Waals surface area contributed by atoms with Gasteiger partial charge in [-0.05, 0) is 72.3 Å². The maximum absolute atomic E-state index is 12.6. The lowest BCUT2D eigenvalue weighted by Crippen LogP contribution is -2.29. The predicted octanol–water partition coefficient (Wildman–Crippen LogP) is 5.21. The van der Waals surface area contributed by atoms with Gasteiger partial charge in [0.2, 0.25) is 0 Å². The number of carbonyl (C=O) groups excluding carboxylic acids is 1. The van der Waals surface area contributed by atoms with Crippen LogP contribution in [0.2, 0.25) is 5.02 Å². The summed E-state index contributed by atoms with van der Waals surface area (Å²) in [6, 6.07) is 5.92. The lowest BCUT2D eigenvalue weighted by molar-refractivity contribution is 0.0950. The molecular weight excluding hydrogens is 448 g/mol. The molecule has 1 aliphatic carbocycles. The number of aromatic nitrogens is 1. The van der Waals surface area contributed by atoms with E-state index in [-0.39, 0.29) is 17.9 Å². The fourth-order valence-corrected chi connectivity index (χ4v) is 4.60. The second-order valence-electron chi connectivity index (χ2n) is 9.37. The molecule has 2 aromatic rings. The highest BCUT2D eigenvalue weighted by Crippen LogP contribution is 2.25. The summed E-state index contributed by atoms with van der Waals surface area (Å²) in [5, 5.41) is 6.54. The number of nitrogens with zero attached hydrogens (tertiary/aromatic N) is 2. The SMILES string of the molecule is CCNc1cc(Cl)cc(C(=O)NCc2c(C)n(C)c(C)cc2=O)c1C.CN(C)C1CCCCC1. The first-order valence-electron chi connectivity index (χ1n) is 12.2. The van der Waals surface area contributed by atoms with Crippen LogP contribution in [-0.2, 0) is 13.6 Å². The third-order valence-electron chi connectivity index (χ3n) is 6.82. The first-order valence-corrected chi connectivity index (χ1v) is 12.6. The van der Waals surface area contributed by atoms with Crippen molar-refractivity contribution in [3.8, 4) is 0 Å². The minimum absolute atomic E-state index is 0.0652. The topological polar surface area (TPSA) is 66.4 Å². The van der Waals surface area contributed by atoms with E-state index in [1.54, 1.807) is 18.2 Å². The summed E-state index contributed by atoms with van der Waals surface area (Å²) in [5.74, 6) is -0.249. The van der Waals surface area contributed by atoms with Gasteiger partial charge < -0.3 is 20.1 Å². The van der Waals surface area contributed by atoms with Gasteiger partial charge in [-0.1, -0.05) is 30.9 Å². The number of amides is 1. The van der Waals surface area contributed by atoms with Gasteiger partial charge >= 0.3 is 0 Å². The molecule has 34 heavy (non-hydrogen) atoms. The highest BCUT2D eigenvalue weighted by atomic mass is 35.5. The van der Waals surface area contributed by atoms with Crippen LogP contribution < -0.4 is 16.1 Å². The van der Waals surface area contributed by atoms with Crippen molar-refractivity contribution >= 4 is 23.2 Å². The van der Waals surface area contributed by atoms with Crippen LogP contribution in [0, 0.1) is 20.8 Å². The van der Waals surface area contributed by atoms with Crippen LogP contribution in [0.25, 0.3) is 0 Å². The molecule has 0 aliphatic heterocycles. The Kier molecular flexibility index (Phi) is 10.6. The molecule has 2 N–H and O–H groups in total. The van der Waals surface area contributed by atoms with E-state index in [0.29, 0.717) is 16.1 Å². The molecule has 0 spiro atoms. The van der Waals surface area contributed by atoms with Crippen molar-refractivity contribution in [3.05, 3.63) is 61.5 Å². The molecule has 1 heterocycles. The maximum Gasteiger partial charge on any atom is 0.251 e. The van der Waals surface area contributed by atoms with Gasteiger partial charge in [0.05, 0.1) is 0 Å². The van der Waals surface area contributed by atoms with Crippen molar-refractivity contribution < 1.29 is 4.79 Å². The Morgan fingerprint density at radius 3 is 2.32 bits per heavy atom. The summed E-state index contributed by atoms with van der Waals surface area (Å²) in [6.07, 6.45) is 7.20. The summed E-state index contributed by atoms with van der Waals surface area (Å²) in [7, 11) is 6.28. The number of benzene rings is 1. The Balaban J connectivity index is 0.000000379. The van der Waals surface area contributed by atoms with Crippen LogP contribution >= 0.6 is 11.6 Å². The van der Waals surface area contributed by atoms with Gasteiger partial charge in [0.25, 0.3) is 5.91 Å². The van der Waals surface area contributed by atoms with Crippen LogP contribution in [0.5, 0.6) is 0 Å². The highest BCUT2D eigenvalue weighted by molar-refractivity contribution is 6.31. The molecular formula is C27H41ClN4O2. The molecule has 6 nitrogen and oxygen atoms in total. The smallest absolute Gasteiger partial charge is 0.251 e. The van der Waals surface area contributed by atoms with Gasteiger partial charge in [-0.3, -0.25) is 9.59 Å². The number of anilines is 1. The van der Waals surface area contributed by atoms with E-state index in [1.807, 2.05) is 39.3 Å². The molecule has 1 amide bonds. The van der Waals surface area contributed by atoms with Crippen molar-refractivity contribution in [2.45, 2.75) is 72.4 Å². The van der Waals surface area contributed by atoms with Gasteiger partial charge in [-0.15, -0.1) is 0 Å². The van der Waals surface area contributed by atoms with Crippen molar-refractivity contribution in [3.63, 3.8) is 0 Å². The second-order valence-corrected chi connectivity index (χ2v) is 9.80. The molecule has 0 bridgehead atoms. The molecule has 1 aromatic heterocycles. The van der Waals surface area contributed by atoms with Crippen molar-refractivity contribution in [2.75, 3.05) is 26.0 Å². The molecule has 1 aromatic carbocycles. The number of hydrogen-bond donors (Lipinski definition) is 2. The summed E-state index contributed by atoms with van der Waals surface area (Å²) in [5.41, 5.74) is 4.43. The van der Waals surface area contributed by atoms with Crippen LogP contribution in [0.3, 0.4) is 0 Å². The molecule has 0 atom stereocenters.